The van der Waals surface area contributed by atoms with Crippen LogP contribution in [0.5, 0.6) is 5.75 Å². The molecule has 0 radical (unpaired) electrons. The molecule has 190 valence electrons. The normalized spacial score (nSPS) is 18.6. The minimum atomic E-state index is -0.734. The van der Waals surface area contributed by atoms with Gasteiger partial charge in [0.15, 0.2) is 0 Å². The number of benzene rings is 2. The molecular formula is C29H39NO4S. The number of hydrogen-bond donors (Lipinski definition) is 3. The van der Waals surface area contributed by atoms with Crippen LogP contribution >= 0.6 is 11.8 Å². The molecule has 4 N–H and O–H groups in total. The number of aromatic hydroxyl groups is 1. The molecule has 0 unspecified atom stereocenters. The lowest BCUT2D eigenvalue weighted by molar-refractivity contribution is -0.159. The Labute approximate surface area is 213 Å². The average molecular weight is 498 g/mol. The van der Waals surface area contributed by atoms with Gasteiger partial charge in [-0.25, -0.2) is 4.79 Å². The molecule has 6 heteroatoms. The molecule has 0 bridgehead atoms. The SMILES string of the molecule is CCCCC[C@@]1(CCc2ccc(O)cc2)CC(O)=C(Sc2cc(C)c(N)cc2C(C)(C)C)C(=O)O1. The summed E-state index contributed by atoms with van der Waals surface area (Å²) in [7, 11) is 0. The van der Waals surface area contributed by atoms with E-state index in [1.807, 2.05) is 31.2 Å². The number of aliphatic hydroxyl groups excluding tert-OH is 1. The average Bonchev–Trinajstić information content (AvgIpc) is 2.77. The maximum atomic E-state index is 13.3. The molecule has 0 spiro atoms. The van der Waals surface area contributed by atoms with E-state index < -0.39 is 11.6 Å². The number of aliphatic hydroxyl groups is 1. The summed E-state index contributed by atoms with van der Waals surface area (Å²) in [5.41, 5.74) is 9.02. The molecule has 0 fully saturated rings. The van der Waals surface area contributed by atoms with E-state index >= 15 is 0 Å². The van der Waals surface area contributed by atoms with Crippen LogP contribution in [0.15, 0.2) is 52.0 Å². The fourth-order valence-corrected chi connectivity index (χ4v) is 5.74. The van der Waals surface area contributed by atoms with E-state index in [-0.39, 0.29) is 21.8 Å². The van der Waals surface area contributed by atoms with Gasteiger partial charge in [-0.1, -0.05) is 64.4 Å². The van der Waals surface area contributed by atoms with Gasteiger partial charge in [-0.3, -0.25) is 0 Å². The van der Waals surface area contributed by atoms with Gasteiger partial charge >= 0.3 is 5.97 Å². The van der Waals surface area contributed by atoms with E-state index in [0.29, 0.717) is 31.4 Å². The lowest BCUT2D eigenvalue weighted by Gasteiger charge is -2.37. The summed E-state index contributed by atoms with van der Waals surface area (Å²) >= 11 is 1.27. The summed E-state index contributed by atoms with van der Waals surface area (Å²) in [6.45, 7) is 10.4. The number of anilines is 1. The van der Waals surface area contributed by atoms with Crippen molar-refractivity contribution >= 4 is 23.4 Å². The largest absolute Gasteiger partial charge is 0.511 e. The number of phenolic OH excluding ortho intramolecular Hbond substituents is 1. The van der Waals surface area contributed by atoms with Gasteiger partial charge in [-0.2, -0.15) is 0 Å². The van der Waals surface area contributed by atoms with Crippen molar-refractivity contribution in [3.8, 4) is 5.75 Å². The molecule has 0 saturated carbocycles. The van der Waals surface area contributed by atoms with Gasteiger partial charge < -0.3 is 20.7 Å². The molecule has 0 aromatic heterocycles. The number of aryl methyl sites for hydroxylation is 2. The number of phenols is 1. The first-order valence-corrected chi connectivity index (χ1v) is 13.3. The van der Waals surface area contributed by atoms with E-state index in [2.05, 4.69) is 27.7 Å². The van der Waals surface area contributed by atoms with Crippen LogP contribution in [-0.2, 0) is 21.4 Å². The van der Waals surface area contributed by atoms with Crippen LogP contribution in [0.2, 0.25) is 0 Å². The Kier molecular flexibility index (Phi) is 8.47. The second-order valence-corrected chi connectivity index (χ2v) is 11.8. The Balaban J connectivity index is 1.89. The number of carbonyl (C=O) groups excluding carboxylic acids is 1. The summed E-state index contributed by atoms with van der Waals surface area (Å²) in [6, 6.07) is 11.1. The van der Waals surface area contributed by atoms with Crippen molar-refractivity contribution in [1.82, 2.24) is 0 Å². The van der Waals surface area contributed by atoms with Crippen LogP contribution in [0.1, 0.15) is 82.9 Å². The zero-order chi connectivity index (χ0) is 25.8. The number of cyclic esters (lactones) is 1. The van der Waals surface area contributed by atoms with Crippen LogP contribution < -0.4 is 5.73 Å². The number of thioether (sulfide) groups is 1. The summed E-state index contributed by atoms with van der Waals surface area (Å²) in [6.07, 6.45) is 5.37. The van der Waals surface area contributed by atoms with Crippen LogP contribution in [0.25, 0.3) is 0 Å². The number of carbonyl (C=O) groups is 1. The molecule has 5 nitrogen and oxygen atoms in total. The monoisotopic (exact) mass is 497 g/mol. The standard InChI is InChI=1S/C29H39NO4S/c1-6-7-8-14-29(15-13-20-9-11-21(31)12-10-20)18-24(32)26(27(33)34-29)35-25-16-19(2)23(30)17-22(25)28(3,4)5/h9-12,16-17,31-32H,6-8,13-15,18,30H2,1-5H3/t29-/m1/s1. The topological polar surface area (TPSA) is 92.8 Å². The maximum Gasteiger partial charge on any atom is 0.349 e. The molecule has 2 aromatic rings. The van der Waals surface area contributed by atoms with Gasteiger partial charge in [-0.05, 0) is 79.0 Å². The van der Waals surface area contributed by atoms with Crippen molar-refractivity contribution in [2.75, 3.05) is 5.73 Å². The number of esters is 1. The van der Waals surface area contributed by atoms with Crippen LogP contribution in [-0.4, -0.2) is 21.8 Å². The number of unbranched alkanes of at least 4 members (excludes halogenated alkanes) is 2. The molecule has 3 rings (SSSR count). The molecule has 1 heterocycles. The Bertz CT molecular complexity index is 1090. The van der Waals surface area contributed by atoms with Crippen molar-refractivity contribution < 1.29 is 19.7 Å². The first-order valence-electron chi connectivity index (χ1n) is 12.5. The highest BCUT2D eigenvalue weighted by atomic mass is 32.2. The number of ether oxygens (including phenoxy) is 1. The summed E-state index contributed by atoms with van der Waals surface area (Å²) in [4.78, 5) is 14.5. The molecule has 1 atom stereocenters. The minimum Gasteiger partial charge on any atom is -0.511 e. The summed E-state index contributed by atoms with van der Waals surface area (Å²) < 4.78 is 6.15. The second kappa shape index (κ2) is 11.0. The van der Waals surface area contributed by atoms with E-state index in [4.69, 9.17) is 10.5 Å². The zero-order valence-electron chi connectivity index (χ0n) is 21.6. The molecule has 2 aromatic carbocycles. The first-order chi connectivity index (χ1) is 16.4. The predicted molar refractivity (Wildman–Crippen MR) is 144 cm³/mol. The maximum absolute atomic E-state index is 13.3. The van der Waals surface area contributed by atoms with Gasteiger partial charge in [0, 0.05) is 17.0 Å². The molecule has 0 saturated heterocycles. The molecule has 0 amide bonds. The number of hydrogen-bond acceptors (Lipinski definition) is 6. The van der Waals surface area contributed by atoms with Gasteiger partial charge in [0.2, 0.25) is 0 Å². The number of nitrogens with two attached hydrogens (primary N) is 1. The first kappa shape index (κ1) is 27.0. The molecule has 1 aliphatic rings. The zero-order valence-corrected chi connectivity index (χ0v) is 22.4. The van der Waals surface area contributed by atoms with Crippen molar-refractivity contribution in [3.63, 3.8) is 0 Å². The third kappa shape index (κ3) is 6.75. The van der Waals surface area contributed by atoms with Crippen LogP contribution in [0.3, 0.4) is 0 Å². The van der Waals surface area contributed by atoms with Crippen molar-refractivity contribution in [2.24, 2.45) is 0 Å². The molecule has 0 aliphatic carbocycles. The third-order valence-corrected chi connectivity index (χ3v) is 7.84. The predicted octanol–water partition coefficient (Wildman–Crippen LogP) is 7.34. The third-order valence-electron chi connectivity index (χ3n) is 6.68. The highest BCUT2D eigenvalue weighted by molar-refractivity contribution is 8.04. The van der Waals surface area contributed by atoms with Gasteiger partial charge in [0.25, 0.3) is 0 Å². The Morgan fingerprint density at radius 3 is 2.37 bits per heavy atom. The number of nitrogen functional groups attached to an aromatic ring is 1. The summed E-state index contributed by atoms with van der Waals surface area (Å²) in [5, 5.41) is 20.7. The van der Waals surface area contributed by atoms with Crippen molar-refractivity contribution in [1.29, 1.82) is 0 Å². The van der Waals surface area contributed by atoms with E-state index in [9.17, 15) is 15.0 Å². The van der Waals surface area contributed by atoms with Crippen molar-refractivity contribution in [2.45, 2.75) is 95.5 Å². The fourth-order valence-electron chi connectivity index (χ4n) is 4.50. The minimum absolute atomic E-state index is 0.0998. The molecule has 1 aliphatic heterocycles. The van der Waals surface area contributed by atoms with Crippen molar-refractivity contribution in [3.05, 3.63) is 63.8 Å². The lowest BCUT2D eigenvalue weighted by Crippen LogP contribution is -2.40. The fraction of sp³-hybridized carbons (Fsp3) is 0.483. The molecule has 35 heavy (non-hydrogen) atoms. The van der Waals surface area contributed by atoms with Crippen LogP contribution in [0.4, 0.5) is 5.69 Å². The smallest absolute Gasteiger partial charge is 0.349 e. The lowest BCUT2D eigenvalue weighted by atomic mass is 9.84. The van der Waals surface area contributed by atoms with Gasteiger partial charge in [0.1, 0.15) is 22.0 Å². The Morgan fingerprint density at radius 1 is 1.09 bits per heavy atom. The van der Waals surface area contributed by atoms with E-state index in [0.717, 1.165) is 40.8 Å². The number of rotatable bonds is 9. The summed E-state index contributed by atoms with van der Waals surface area (Å²) in [5.74, 6) is -0.136. The van der Waals surface area contributed by atoms with E-state index in [1.54, 1.807) is 12.1 Å². The Hall–Kier alpha value is -2.60. The van der Waals surface area contributed by atoms with Crippen LogP contribution in [0, 0.1) is 6.92 Å². The quantitative estimate of drug-likeness (QED) is 0.191. The highest BCUT2D eigenvalue weighted by Crippen LogP contribution is 2.45. The Morgan fingerprint density at radius 2 is 1.77 bits per heavy atom. The second-order valence-electron chi connectivity index (χ2n) is 10.7. The van der Waals surface area contributed by atoms with E-state index in [1.165, 1.54) is 11.8 Å². The van der Waals surface area contributed by atoms with Gasteiger partial charge in [-0.15, -0.1) is 0 Å². The van der Waals surface area contributed by atoms with Gasteiger partial charge in [0.05, 0.1) is 0 Å². The highest BCUT2D eigenvalue weighted by Gasteiger charge is 2.42. The molecular weight excluding hydrogens is 458 g/mol.